The van der Waals surface area contributed by atoms with E-state index in [0.717, 1.165) is 66.0 Å². The third-order valence-corrected chi connectivity index (χ3v) is 9.59. The van der Waals surface area contributed by atoms with E-state index in [1.54, 1.807) is 0 Å². The molecule has 0 spiro atoms. The van der Waals surface area contributed by atoms with Gasteiger partial charge in [-0.2, -0.15) is 0 Å². The summed E-state index contributed by atoms with van der Waals surface area (Å²) in [6, 6.07) is 36.2. The number of hydrogen-bond acceptors (Lipinski definition) is 7. The molecule has 7 nitrogen and oxygen atoms in total. The monoisotopic (exact) mass is 615 g/mol. The smallest absolute Gasteiger partial charge is 0.456 e. The SMILES string of the molecule is CC1(C)OB(c2ccc3oc4cccc(-c5nc(-c6ccccc6)nc(-c6ccc7oc8ccccc8c7c6)n5)c4c3c2)OC1(C)C. The van der Waals surface area contributed by atoms with Gasteiger partial charge in [0.2, 0.25) is 0 Å². The summed E-state index contributed by atoms with van der Waals surface area (Å²) in [6.45, 7) is 8.25. The minimum Gasteiger partial charge on any atom is -0.456 e. The molecule has 1 aliphatic rings. The lowest BCUT2D eigenvalue weighted by atomic mass is 9.78. The zero-order valence-electron chi connectivity index (χ0n) is 26.4. The van der Waals surface area contributed by atoms with Crippen LogP contribution >= 0.6 is 0 Å². The number of fused-ring (bicyclic) bond motifs is 6. The molecule has 0 unspecified atom stereocenters. The van der Waals surface area contributed by atoms with Crippen molar-refractivity contribution in [2.24, 2.45) is 0 Å². The average Bonchev–Trinajstić information content (AvgIpc) is 3.72. The van der Waals surface area contributed by atoms with E-state index in [0.29, 0.717) is 17.5 Å². The molecule has 0 saturated carbocycles. The summed E-state index contributed by atoms with van der Waals surface area (Å²) in [5, 5.41) is 3.93. The predicted molar refractivity (Wildman–Crippen MR) is 186 cm³/mol. The van der Waals surface area contributed by atoms with E-state index >= 15 is 0 Å². The fraction of sp³-hybridized carbons (Fsp3) is 0.154. The fourth-order valence-corrected chi connectivity index (χ4v) is 6.36. The lowest BCUT2D eigenvalue weighted by molar-refractivity contribution is 0.00578. The second-order valence-corrected chi connectivity index (χ2v) is 13.1. The van der Waals surface area contributed by atoms with Crippen LogP contribution in [0.1, 0.15) is 27.7 Å². The molecule has 1 saturated heterocycles. The van der Waals surface area contributed by atoms with Gasteiger partial charge in [-0.1, -0.05) is 72.8 Å². The molecule has 228 valence electrons. The van der Waals surface area contributed by atoms with Gasteiger partial charge in [-0.3, -0.25) is 0 Å². The first-order chi connectivity index (χ1) is 22.7. The van der Waals surface area contributed by atoms with E-state index in [1.165, 1.54) is 0 Å². The lowest BCUT2D eigenvalue weighted by Crippen LogP contribution is -2.41. The van der Waals surface area contributed by atoms with Gasteiger partial charge < -0.3 is 18.1 Å². The molecule has 8 aromatic rings. The summed E-state index contributed by atoms with van der Waals surface area (Å²) < 4.78 is 25.2. The van der Waals surface area contributed by atoms with E-state index in [4.69, 9.17) is 33.1 Å². The van der Waals surface area contributed by atoms with Gasteiger partial charge in [0.15, 0.2) is 17.5 Å². The second-order valence-electron chi connectivity index (χ2n) is 13.1. The molecule has 8 heteroatoms. The largest absolute Gasteiger partial charge is 0.494 e. The quantitative estimate of drug-likeness (QED) is 0.183. The van der Waals surface area contributed by atoms with Gasteiger partial charge in [0.05, 0.1) is 11.2 Å². The first-order valence-corrected chi connectivity index (χ1v) is 15.8. The highest BCUT2D eigenvalue weighted by Crippen LogP contribution is 2.39. The summed E-state index contributed by atoms with van der Waals surface area (Å²) in [4.78, 5) is 15.1. The van der Waals surface area contributed by atoms with Crippen LogP contribution in [0.15, 0.2) is 118 Å². The molecule has 0 radical (unpaired) electrons. The highest BCUT2D eigenvalue weighted by atomic mass is 16.7. The van der Waals surface area contributed by atoms with Crippen molar-refractivity contribution >= 4 is 56.5 Å². The third-order valence-electron chi connectivity index (χ3n) is 9.59. The minimum atomic E-state index is -0.496. The van der Waals surface area contributed by atoms with Crippen LogP contribution in [-0.4, -0.2) is 33.3 Å². The van der Waals surface area contributed by atoms with Crippen molar-refractivity contribution in [1.82, 2.24) is 15.0 Å². The first kappa shape index (κ1) is 28.0. The second kappa shape index (κ2) is 10.1. The highest BCUT2D eigenvalue weighted by Gasteiger charge is 2.51. The van der Waals surface area contributed by atoms with Crippen LogP contribution in [0.4, 0.5) is 0 Å². The number of furan rings is 2. The molecular formula is C39H30BN3O4. The number of hydrogen-bond donors (Lipinski definition) is 0. The van der Waals surface area contributed by atoms with Crippen LogP contribution in [0.25, 0.3) is 78.0 Å². The zero-order valence-corrected chi connectivity index (χ0v) is 26.4. The maximum Gasteiger partial charge on any atom is 0.494 e. The molecule has 5 aromatic carbocycles. The first-order valence-electron chi connectivity index (χ1n) is 15.8. The van der Waals surface area contributed by atoms with Gasteiger partial charge in [0, 0.05) is 38.2 Å². The Bertz CT molecular complexity index is 2480. The molecule has 0 N–H and O–H groups in total. The van der Waals surface area contributed by atoms with Crippen molar-refractivity contribution in [3.63, 3.8) is 0 Å². The van der Waals surface area contributed by atoms with Crippen molar-refractivity contribution in [2.45, 2.75) is 38.9 Å². The Morgan fingerprint density at radius 1 is 0.489 bits per heavy atom. The van der Waals surface area contributed by atoms with Crippen molar-refractivity contribution < 1.29 is 18.1 Å². The van der Waals surface area contributed by atoms with Crippen LogP contribution in [-0.2, 0) is 9.31 Å². The normalized spacial score (nSPS) is 15.8. The Kier molecular flexibility index (Phi) is 6.01. The highest BCUT2D eigenvalue weighted by molar-refractivity contribution is 6.62. The van der Waals surface area contributed by atoms with Gasteiger partial charge in [0.1, 0.15) is 22.3 Å². The van der Waals surface area contributed by atoms with Crippen LogP contribution in [0.3, 0.4) is 0 Å². The Labute approximate surface area is 271 Å². The molecule has 0 bridgehead atoms. The van der Waals surface area contributed by atoms with Gasteiger partial charge in [-0.05, 0) is 69.6 Å². The number of benzene rings is 5. The molecular weight excluding hydrogens is 585 g/mol. The molecule has 3 aromatic heterocycles. The van der Waals surface area contributed by atoms with Crippen molar-refractivity contribution in [1.29, 1.82) is 0 Å². The van der Waals surface area contributed by atoms with E-state index in [1.807, 2.05) is 91.0 Å². The van der Waals surface area contributed by atoms with E-state index < -0.39 is 18.3 Å². The standard InChI is InChI=1S/C39H30BN3O4/c1-38(2)39(3,4)47-40(46-38)25-18-20-32-29(22-25)34-27(14-10-16-33(34)45-32)37-42-35(23-11-6-5-7-12-23)41-36(43-37)24-17-19-31-28(21-24)26-13-8-9-15-30(26)44-31/h5-22H,1-4H3. The van der Waals surface area contributed by atoms with E-state index in [9.17, 15) is 0 Å². The Hall–Kier alpha value is -5.31. The molecule has 0 amide bonds. The maximum atomic E-state index is 6.39. The van der Waals surface area contributed by atoms with Gasteiger partial charge in [-0.15, -0.1) is 0 Å². The number of nitrogens with zero attached hydrogens (tertiary/aromatic N) is 3. The summed E-state index contributed by atoms with van der Waals surface area (Å²) in [5.74, 6) is 1.72. The van der Waals surface area contributed by atoms with Crippen LogP contribution in [0.2, 0.25) is 0 Å². The molecule has 0 atom stereocenters. The van der Waals surface area contributed by atoms with Gasteiger partial charge in [0.25, 0.3) is 0 Å². The Balaban J connectivity index is 1.24. The summed E-state index contributed by atoms with van der Waals surface area (Å²) in [7, 11) is -0.496. The Morgan fingerprint density at radius 3 is 1.91 bits per heavy atom. The number of para-hydroxylation sites is 1. The van der Waals surface area contributed by atoms with Crippen molar-refractivity contribution in [2.75, 3.05) is 0 Å². The number of aromatic nitrogens is 3. The molecule has 47 heavy (non-hydrogen) atoms. The van der Waals surface area contributed by atoms with Crippen LogP contribution in [0, 0.1) is 0 Å². The number of rotatable bonds is 4. The van der Waals surface area contributed by atoms with Crippen molar-refractivity contribution in [3.8, 4) is 34.2 Å². The van der Waals surface area contributed by atoms with Gasteiger partial charge >= 0.3 is 7.12 Å². The Morgan fingerprint density at radius 2 is 1.11 bits per heavy atom. The molecule has 1 fully saturated rings. The van der Waals surface area contributed by atoms with Crippen LogP contribution < -0.4 is 5.46 Å². The molecule has 1 aliphatic heterocycles. The van der Waals surface area contributed by atoms with E-state index in [2.05, 4.69) is 45.9 Å². The maximum absolute atomic E-state index is 6.39. The lowest BCUT2D eigenvalue weighted by Gasteiger charge is -2.32. The van der Waals surface area contributed by atoms with Gasteiger partial charge in [-0.25, -0.2) is 15.0 Å². The molecule has 4 heterocycles. The molecule has 9 rings (SSSR count). The summed E-state index contributed by atoms with van der Waals surface area (Å²) >= 11 is 0. The minimum absolute atomic E-state index is 0.447. The predicted octanol–water partition coefficient (Wildman–Crippen LogP) is 8.97. The summed E-state index contributed by atoms with van der Waals surface area (Å²) in [5.41, 5.74) is 5.84. The zero-order chi connectivity index (χ0) is 31.9. The topological polar surface area (TPSA) is 83.4 Å². The van der Waals surface area contributed by atoms with Crippen LogP contribution in [0.5, 0.6) is 0 Å². The summed E-state index contributed by atoms with van der Waals surface area (Å²) in [6.07, 6.45) is 0. The average molecular weight is 615 g/mol. The fourth-order valence-electron chi connectivity index (χ4n) is 6.36. The molecule has 0 aliphatic carbocycles. The van der Waals surface area contributed by atoms with Crippen molar-refractivity contribution in [3.05, 3.63) is 109 Å². The van der Waals surface area contributed by atoms with E-state index in [-0.39, 0.29) is 0 Å². The third kappa shape index (κ3) is 4.47.